The van der Waals surface area contributed by atoms with Crippen molar-refractivity contribution in [2.45, 2.75) is 25.5 Å². The first-order valence-corrected chi connectivity index (χ1v) is 9.47. The van der Waals surface area contributed by atoms with Crippen molar-refractivity contribution in [2.24, 2.45) is 0 Å². The highest BCUT2D eigenvalue weighted by atomic mass is 79.9. The van der Waals surface area contributed by atoms with Crippen LogP contribution in [0.15, 0.2) is 15.9 Å². The highest BCUT2D eigenvalue weighted by Crippen LogP contribution is 2.19. The quantitative estimate of drug-likeness (QED) is 0.842. The van der Waals surface area contributed by atoms with Gasteiger partial charge in [-0.05, 0) is 34.8 Å². The number of nitrogens with zero attached hydrogens (tertiary/aromatic N) is 2. The van der Waals surface area contributed by atoms with E-state index in [4.69, 9.17) is 4.74 Å². The number of nitrogens with one attached hydrogen (secondary N) is 1. The molecule has 1 aromatic rings. The van der Waals surface area contributed by atoms with Crippen LogP contribution in [0.5, 0.6) is 0 Å². The van der Waals surface area contributed by atoms with Gasteiger partial charge in [-0.2, -0.15) is 0 Å². The van der Waals surface area contributed by atoms with E-state index in [1.807, 2.05) is 16.3 Å². The first-order valence-electron chi connectivity index (χ1n) is 7.79. The smallest absolute Gasteiger partial charge is 0.317 e. The predicted octanol–water partition coefficient (Wildman–Crippen LogP) is 2.04. The van der Waals surface area contributed by atoms with Crippen molar-refractivity contribution < 1.29 is 14.3 Å². The van der Waals surface area contributed by atoms with Crippen molar-refractivity contribution in [2.75, 3.05) is 32.8 Å². The van der Waals surface area contributed by atoms with E-state index in [2.05, 4.69) is 21.2 Å². The summed E-state index contributed by atoms with van der Waals surface area (Å²) in [6.07, 6.45) is 1.50. The number of thiophene rings is 1. The number of carbonyl (C=O) groups is 2. The fourth-order valence-electron chi connectivity index (χ4n) is 2.83. The second kappa shape index (κ2) is 7.63. The summed E-state index contributed by atoms with van der Waals surface area (Å²) in [4.78, 5) is 29.1. The Morgan fingerprint density at radius 2 is 2.04 bits per heavy atom. The molecule has 0 unspecified atom stereocenters. The lowest BCUT2D eigenvalue weighted by Crippen LogP contribution is -2.54. The number of hydrogen-bond donors (Lipinski definition) is 1. The third-order valence-electron chi connectivity index (χ3n) is 4.12. The lowest BCUT2D eigenvalue weighted by molar-refractivity contribution is -0.142. The summed E-state index contributed by atoms with van der Waals surface area (Å²) in [6.45, 7) is 3.51. The molecule has 8 heteroatoms. The van der Waals surface area contributed by atoms with Gasteiger partial charge < -0.3 is 19.9 Å². The number of piperazine rings is 1. The Bertz CT molecular complexity index is 566. The standard InChI is InChI=1S/C15H20BrN3O3S/c16-11-8-12(23-10-11)9-17-15(21)19-5-3-18(4-6-19)14(20)13-2-1-7-22-13/h8,10,13H,1-7,9H2,(H,17,21)/t13-/m1/s1. The molecule has 23 heavy (non-hydrogen) atoms. The van der Waals surface area contributed by atoms with E-state index in [0.717, 1.165) is 22.2 Å². The number of carbonyl (C=O) groups excluding carboxylic acids is 2. The van der Waals surface area contributed by atoms with Gasteiger partial charge >= 0.3 is 6.03 Å². The van der Waals surface area contributed by atoms with Gasteiger partial charge in [-0.1, -0.05) is 0 Å². The summed E-state index contributed by atoms with van der Waals surface area (Å²) in [7, 11) is 0. The summed E-state index contributed by atoms with van der Waals surface area (Å²) in [5.41, 5.74) is 0. The molecule has 0 aromatic carbocycles. The van der Waals surface area contributed by atoms with Crippen LogP contribution in [0.2, 0.25) is 0 Å². The lowest BCUT2D eigenvalue weighted by Gasteiger charge is -2.35. The SMILES string of the molecule is O=C(NCc1cc(Br)cs1)N1CCN(C(=O)[C@H]2CCCO2)CC1. The molecule has 0 spiro atoms. The molecule has 1 atom stereocenters. The van der Waals surface area contributed by atoms with Gasteiger partial charge in [-0.15, -0.1) is 11.3 Å². The maximum atomic E-state index is 12.3. The van der Waals surface area contributed by atoms with Crippen molar-refractivity contribution in [3.8, 4) is 0 Å². The van der Waals surface area contributed by atoms with Crippen LogP contribution in [0.4, 0.5) is 4.79 Å². The lowest BCUT2D eigenvalue weighted by atomic mass is 10.2. The molecule has 2 fully saturated rings. The van der Waals surface area contributed by atoms with E-state index >= 15 is 0 Å². The van der Waals surface area contributed by atoms with E-state index in [1.54, 1.807) is 16.2 Å². The average molecular weight is 402 g/mol. The van der Waals surface area contributed by atoms with E-state index < -0.39 is 0 Å². The summed E-state index contributed by atoms with van der Waals surface area (Å²) in [5, 5.41) is 4.93. The Labute approximate surface area is 147 Å². The Kier molecular flexibility index (Phi) is 5.55. The van der Waals surface area contributed by atoms with E-state index in [0.29, 0.717) is 39.3 Å². The number of amides is 3. The molecular formula is C15H20BrN3O3S. The van der Waals surface area contributed by atoms with Crippen LogP contribution in [0.25, 0.3) is 0 Å². The van der Waals surface area contributed by atoms with Gasteiger partial charge in [0.25, 0.3) is 5.91 Å². The zero-order valence-electron chi connectivity index (χ0n) is 12.8. The summed E-state index contributed by atoms with van der Waals surface area (Å²) < 4.78 is 6.48. The first-order chi connectivity index (χ1) is 11.1. The van der Waals surface area contributed by atoms with E-state index in [-0.39, 0.29) is 18.0 Å². The van der Waals surface area contributed by atoms with Crippen molar-refractivity contribution >= 4 is 39.2 Å². The first kappa shape index (κ1) is 16.7. The van der Waals surface area contributed by atoms with Crippen LogP contribution in [0.3, 0.4) is 0 Å². The maximum Gasteiger partial charge on any atom is 0.317 e. The Morgan fingerprint density at radius 1 is 1.30 bits per heavy atom. The van der Waals surface area contributed by atoms with E-state index in [9.17, 15) is 9.59 Å². The summed E-state index contributed by atoms with van der Waals surface area (Å²) in [6, 6.07) is 1.93. The fraction of sp³-hybridized carbons (Fsp3) is 0.600. The molecular weight excluding hydrogens is 382 g/mol. The van der Waals surface area contributed by atoms with Gasteiger partial charge in [0, 0.05) is 47.5 Å². The van der Waals surface area contributed by atoms with Crippen molar-refractivity contribution in [1.29, 1.82) is 0 Å². The topological polar surface area (TPSA) is 61.9 Å². The summed E-state index contributed by atoms with van der Waals surface area (Å²) >= 11 is 5.01. The molecule has 2 saturated heterocycles. The zero-order valence-corrected chi connectivity index (χ0v) is 15.2. The molecule has 0 aliphatic carbocycles. The highest BCUT2D eigenvalue weighted by molar-refractivity contribution is 9.10. The molecule has 2 aliphatic heterocycles. The van der Waals surface area contributed by atoms with Crippen LogP contribution < -0.4 is 5.32 Å². The van der Waals surface area contributed by atoms with Gasteiger partial charge in [0.15, 0.2) is 0 Å². The number of rotatable bonds is 3. The molecule has 6 nitrogen and oxygen atoms in total. The number of hydrogen-bond acceptors (Lipinski definition) is 4. The second-order valence-corrected chi connectivity index (χ2v) is 7.62. The van der Waals surface area contributed by atoms with Gasteiger partial charge in [-0.3, -0.25) is 4.79 Å². The van der Waals surface area contributed by atoms with Crippen molar-refractivity contribution in [3.05, 3.63) is 20.8 Å². The minimum atomic E-state index is -0.271. The number of halogens is 1. The third-order valence-corrected chi connectivity index (χ3v) is 5.82. The molecule has 0 saturated carbocycles. The second-order valence-electron chi connectivity index (χ2n) is 5.70. The monoisotopic (exact) mass is 401 g/mol. The predicted molar refractivity (Wildman–Crippen MR) is 91.4 cm³/mol. The van der Waals surface area contributed by atoms with Gasteiger partial charge in [-0.25, -0.2) is 4.79 Å². The zero-order chi connectivity index (χ0) is 16.2. The molecule has 126 valence electrons. The van der Waals surface area contributed by atoms with Gasteiger partial charge in [0.1, 0.15) is 6.10 Å². The largest absolute Gasteiger partial charge is 0.368 e. The molecule has 1 N–H and O–H groups in total. The molecule has 0 bridgehead atoms. The third kappa shape index (κ3) is 4.24. The number of urea groups is 1. The Hall–Kier alpha value is -1.12. The Balaban J connectivity index is 1.42. The molecule has 3 heterocycles. The van der Waals surface area contributed by atoms with Gasteiger partial charge in [0.2, 0.25) is 0 Å². The number of ether oxygens (including phenoxy) is 1. The molecule has 1 aromatic heterocycles. The van der Waals surface area contributed by atoms with Crippen LogP contribution in [0.1, 0.15) is 17.7 Å². The maximum absolute atomic E-state index is 12.3. The molecule has 3 rings (SSSR count). The fourth-order valence-corrected chi connectivity index (χ4v) is 4.22. The van der Waals surface area contributed by atoms with Crippen molar-refractivity contribution in [1.82, 2.24) is 15.1 Å². The van der Waals surface area contributed by atoms with Gasteiger partial charge in [0.05, 0.1) is 6.54 Å². The van der Waals surface area contributed by atoms with E-state index in [1.165, 1.54) is 0 Å². The normalized spacial score (nSPS) is 21.5. The molecule has 0 radical (unpaired) electrons. The van der Waals surface area contributed by atoms with Crippen LogP contribution >= 0.6 is 27.3 Å². The molecule has 2 aliphatic rings. The van der Waals surface area contributed by atoms with Crippen molar-refractivity contribution in [3.63, 3.8) is 0 Å². The summed E-state index contributed by atoms with van der Waals surface area (Å²) in [5.74, 6) is 0.0750. The van der Waals surface area contributed by atoms with Crippen LogP contribution in [-0.2, 0) is 16.1 Å². The minimum absolute atomic E-state index is 0.0706. The Morgan fingerprint density at radius 3 is 2.65 bits per heavy atom. The highest BCUT2D eigenvalue weighted by Gasteiger charge is 2.31. The minimum Gasteiger partial charge on any atom is -0.368 e. The van der Waals surface area contributed by atoms with Crippen LogP contribution in [0, 0.1) is 0 Å². The average Bonchev–Trinajstić information content (AvgIpc) is 3.24. The molecule has 3 amide bonds. The van der Waals surface area contributed by atoms with Crippen LogP contribution in [-0.4, -0.2) is 60.6 Å².